The van der Waals surface area contributed by atoms with Crippen molar-refractivity contribution in [1.29, 1.82) is 0 Å². The number of benzene rings is 2. The number of nitrogens with zero attached hydrogens (tertiary/aromatic N) is 2. The summed E-state index contributed by atoms with van der Waals surface area (Å²) in [6.07, 6.45) is 6.21. The van der Waals surface area contributed by atoms with Crippen LogP contribution >= 0.6 is 11.6 Å². The maximum Gasteiger partial charge on any atom is 0.238 e. The zero-order chi connectivity index (χ0) is 25.3. The van der Waals surface area contributed by atoms with Crippen LogP contribution in [0, 0.1) is 0 Å². The Balaban J connectivity index is 1.32. The number of allylic oxidation sites excluding steroid dienone is 1. The second kappa shape index (κ2) is 9.95. The van der Waals surface area contributed by atoms with E-state index in [1.807, 2.05) is 36.4 Å². The summed E-state index contributed by atoms with van der Waals surface area (Å²) < 4.78 is 30.5. The summed E-state index contributed by atoms with van der Waals surface area (Å²) in [5.74, 6) is 0.891. The summed E-state index contributed by atoms with van der Waals surface area (Å²) >= 11 is 6.00. The number of sulfonamides is 1. The first-order chi connectivity index (χ1) is 17.2. The van der Waals surface area contributed by atoms with Gasteiger partial charge in [0.25, 0.3) is 0 Å². The van der Waals surface area contributed by atoms with Gasteiger partial charge in [-0.25, -0.2) is 18.5 Å². The molecule has 7 nitrogen and oxygen atoms in total. The van der Waals surface area contributed by atoms with Gasteiger partial charge in [-0.15, -0.1) is 0 Å². The maximum atomic E-state index is 12.2. The van der Waals surface area contributed by atoms with Gasteiger partial charge in [0.05, 0.1) is 10.5 Å². The van der Waals surface area contributed by atoms with Crippen molar-refractivity contribution >= 4 is 27.2 Å². The van der Waals surface area contributed by atoms with Gasteiger partial charge in [-0.1, -0.05) is 35.9 Å². The van der Waals surface area contributed by atoms with Crippen LogP contribution in [0.1, 0.15) is 36.0 Å². The molecule has 0 unspecified atom stereocenters. The number of hydrogen-bond donors (Lipinski definition) is 2. The minimum Gasteiger partial charge on any atom is -0.438 e. The molecule has 1 saturated heterocycles. The van der Waals surface area contributed by atoms with Crippen LogP contribution in [-0.2, 0) is 22.0 Å². The predicted molar refractivity (Wildman–Crippen MR) is 139 cm³/mol. The third kappa shape index (κ3) is 5.19. The number of likely N-dealkylation sites (tertiary alicyclic amines) is 1. The molecule has 188 valence electrons. The lowest BCUT2D eigenvalue weighted by molar-refractivity contribution is -0.0254. The Hall–Kier alpha value is -2.75. The lowest BCUT2D eigenvalue weighted by atomic mass is 9.84. The lowest BCUT2D eigenvalue weighted by Gasteiger charge is -2.38. The smallest absolute Gasteiger partial charge is 0.238 e. The second-order valence-electron chi connectivity index (χ2n) is 9.31. The van der Waals surface area contributed by atoms with Crippen molar-refractivity contribution in [3.05, 3.63) is 88.6 Å². The summed E-state index contributed by atoms with van der Waals surface area (Å²) in [5, 5.41) is 17.3. The average Bonchev–Trinajstić information content (AvgIpc) is 3.01. The number of aliphatic hydroxyl groups is 1. The molecule has 1 fully saturated rings. The average molecular weight is 526 g/mol. The predicted octanol–water partition coefficient (Wildman–Crippen LogP) is 4.49. The van der Waals surface area contributed by atoms with Gasteiger partial charge in [-0.2, -0.15) is 0 Å². The van der Waals surface area contributed by atoms with E-state index in [0.717, 1.165) is 42.8 Å². The molecule has 3 aromatic rings. The van der Waals surface area contributed by atoms with E-state index in [1.54, 1.807) is 18.3 Å². The topological polar surface area (TPSA) is 106 Å². The normalized spacial score (nSPS) is 18.7. The molecule has 2 aliphatic heterocycles. The highest BCUT2D eigenvalue weighted by molar-refractivity contribution is 7.89. The number of halogens is 1. The van der Waals surface area contributed by atoms with Crippen LogP contribution in [-0.4, -0.2) is 43.0 Å². The third-order valence-electron chi connectivity index (χ3n) is 6.99. The van der Waals surface area contributed by atoms with Gasteiger partial charge in [0.1, 0.15) is 5.75 Å². The van der Waals surface area contributed by atoms with Gasteiger partial charge in [-0.3, -0.25) is 0 Å². The van der Waals surface area contributed by atoms with E-state index < -0.39 is 15.6 Å². The van der Waals surface area contributed by atoms with Gasteiger partial charge in [0.2, 0.25) is 15.9 Å². The number of fused-ring (bicyclic) bond motifs is 2. The van der Waals surface area contributed by atoms with Gasteiger partial charge in [-0.05, 0) is 66.8 Å². The molecule has 0 radical (unpaired) electrons. The van der Waals surface area contributed by atoms with Crippen molar-refractivity contribution in [2.45, 2.75) is 36.2 Å². The first-order valence-corrected chi connectivity index (χ1v) is 13.8. The van der Waals surface area contributed by atoms with Crippen molar-refractivity contribution in [2.75, 3.05) is 19.6 Å². The van der Waals surface area contributed by atoms with E-state index in [-0.39, 0.29) is 4.90 Å². The molecular weight excluding hydrogens is 498 g/mol. The Morgan fingerprint density at radius 3 is 2.58 bits per heavy atom. The summed E-state index contributed by atoms with van der Waals surface area (Å²) in [6, 6.07) is 16.1. The second-order valence-corrected chi connectivity index (χ2v) is 11.3. The van der Waals surface area contributed by atoms with Gasteiger partial charge in [0.15, 0.2) is 0 Å². The van der Waals surface area contributed by atoms with Crippen molar-refractivity contribution in [3.63, 3.8) is 0 Å². The number of primary sulfonamides is 1. The highest BCUT2D eigenvalue weighted by atomic mass is 35.5. The maximum absolute atomic E-state index is 12.2. The largest absolute Gasteiger partial charge is 0.438 e. The van der Waals surface area contributed by atoms with E-state index in [4.69, 9.17) is 21.5 Å². The molecule has 2 aromatic carbocycles. The molecule has 3 N–H and O–H groups in total. The van der Waals surface area contributed by atoms with Crippen LogP contribution in [0.3, 0.4) is 0 Å². The number of ether oxygens (including phenoxy) is 1. The van der Waals surface area contributed by atoms with E-state index in [0.29, 0.717) is 41.5 Å². The number of nitrogens with two attached hydrogens (primary N) is 1. The highest BCUT2D eigenvalue weighted by Gasteiger charge is 2.33. The fraction of sp³-hybridized carbons (Fsp3) is 0.296. The van der Waals surface area contributed by atoms with Crippen LogP contribution in [0.2, 0.25) is 5.02 Å². The zero-order valence-electron chi connectivity index (χ0n) is 19.7. The SMILES string of the molecule is NS(=O)(=O)c1cccc2c1C/C(=C/CCN1CCC(O)(c3ccc(Cl)cc3)CC1)c1cccnc1O2. The highest BCUT2D eigenvalue weighted by Crippen LogP contribution is 2.40. The summed E-state index contributed by atoms with van der Waals surface area (Å²) in [6.45, 7) is 2.38. The van der Waals surface area contributed by atoms with Crippen LogP contribution in [0.4, 0.5) is 0 Å². The molecule has 3 heterocycles. The number of piperidine rings is 1. The molecule has 1 aromatic heterocycles. The third-order valence-corrected chi connectivity index (χ3v) is 8.24. The van der Waals surface area contributed by atoms with Crippen LogP contribution in [0.25, 0.3) is 5.57 Å². The van der Waals surface area contributed by atoms with Crippen molar-refractivity contribution in [3.8, 4) is 11.6 Å². The van der Waals surface area contributed by atoms with Gasteiger partial charge < -0.3 is 14.7 Å². The summed E-state index contributed by atoms with van der Waals surface area (Å²) in [4.78, 5) is 6.78. The fourth-order valence-electron chi connectivity index (χ4n) is 4.99. The molecule has 0 bridgehead atoms. The number of rotatable bonds is 5. The molecular formula is C27H28ClN3O4S. The minimum absolute atomic E-state index is 0.0659. The Labute approximate surface area is 216 Å². The van der Waals surface area contributed by atoms with E-state index in [9.17, 15) is 13.5 Å². The molecule has 9 heteroatoms. The Bertz CT molecular complexity index is 1400. The monoisotopic (exact) mass is 525 g/mol. The fourth-order valence-corrected chi connectivity index (χ4v) is 5.90. The van der Waals surface area contributed by atoms with E-state index >= 15 is 0 Å². The van der Waals surface area contributed by atoms with Crippen LogP contribution in [0.15, 0.2) is 71.8 Å². The Morgan fingerprint density at radius 2 is 1.86 bits per heavy atom. The molecule has 0 amide bonds. The van der Waals surface area contributed by atoms with Crippen LogP contribution in [0.5, 0.6) is 11.6 Å². The van der Waals surface area contributed by atoms with E-state index in [2.05, 4.69) is 16.0 Å². The van der Waals surface area contributed by atoms with Crippen molar-refractivity contribution in [2.24, 2.45) is 5.14 Å². The number of aromatic nitrogens is 1. The summed E-state index contributed by atoms with van der Waals surface area (Å²) in [7, 11) is -3.91. The van der Waals surface area contributed by atoms with Crippen molar-refractivity contribution < 1.29 is 18.3 Å². The molecule has 0 aliphatic carbocycles. The van der Waals surface area contributed by atoms with E-state index in [1.165, 1.54) is 6.07 Å². The minimum atomic E-state index is -3.91. The molecule has 0 spiro atoms. The first kappa shape index (κ1) is 24.9. The zero-order valence-corrected chi connectivity index (χ0v) is 21.3. The molecule has 0 saturated carbocycles. The molecule has 36 heavy (non-hydrogen) atoms. The lowest BCUT2D eigenvalue weighted by Crippen LogP contribution is -2.42. The Morgan fingerprint density at radius 1 is 1.11 bits per heavy atom. The number of hydrogen-bond acceptors (Lipinski definition) is 6. The standard InChI is InChI=1S/C27H28ClN3O4S/c28-21-10-8-20(9-11-21)27(32)12-16-31(17-13-27)15-3-4-19-18-23-24(6-1-7-25(23)36(29,33)34)35-26-22(19)5-2-14-30-26/h1-2,4-11,14,32H,3,12-13,15-18H2,(H2,29,33,34)/b19-4-. The van der Waals surface area contributed by atoms with Gasteiger partial charge in [0, 0.05) is 48.4 Å². The quantitative estimate of drug-likeness (QED) is 0.508. The molecule has 0 atom stereocenters. The van der Waals surface area contributed by atoms with Crippen LogP contribution < -0.4 is 9.88 Å². The van der Waals surface area contributed by atoms with Crippen molar-refractivity contribution in [1.82, 2.24) is 9.88 Å². The first-order valence-electron chi connectivity index (χ1n) is 11.9. The molecule has 2 aliphatic rings. The number of pyridine rings is 1. The summed E-state index contributed by atoms with van der Waals surface area (Å²) in [5.41, 5.74) is 2.39. The Kier molecular flexibility index (Phi) is 6.89. The molecule has 5 rings (SSSR count). The van der Waals surface area contributed by atoms with Gasteiger partial charge >= 0.3 is 0 Å².